The van der Waals surface area contributed by atoms with E-state index in [0.717, 1.165) is 0 Å². The van der Waals surface area contributed by atoms with E-state index in [4.69, 9.17) is 5.73 Å². The van der Waals surface area contributed by atoms with Gasteiger partial charge in [0.15, 0.2) is 10.7 Å². The van der Waals surface area contributed by atoms with Gasteiger partial charge in [-0.25, -0.2) is 4.98 Å². The lowest BCUT2D eigenvalue weighted by Gasteiger charge is -1.94. The van der Waals surface area contributed by atoms with Crippen LogP contribution in [-0.2, 0) is 0 Å². The summed E-state index contributed by atoms with van der Waals surface area (Å²) in [6.45, 7) is 0. The van der Waals surface area contributed by atoms with Gasteiger partial charge in [0.25, 0.3) is 5.91 Å². The van der Waals surface area contributed by atoms with Crippen molar-refractivity contribution in [1.29, 1.82) is 0 Å². The number of rotatable bonds is 3. The molecule has 0 aliphatic rings. The number of nitrogens with zero attached hydrogens (tertiary/aromatic N) is 2. The molecule has 2 aromatic rings. The summed E-state index contributed by atoms with van der Waals surface area (Å²) in [6.07, 6.45) is 0. The van der Waals surface area contributed by atoms with E-state index in [1.165, 1.54) is 0 Å². The number of hydrogen-bond acceptors (Lipinski definition) is 5. The van der Waals surface area contributed by atoms with Crippen molar-refractivity contribution in [3.63, 3.8) is 0 Å². The van der Waals surface area contributed by atoms with Gasteiger partial charge in [0.1, 0.15) is 0 Å². The van der Waals surface area contributed by atoms with Gasteiger partial charge in [-0.15, -0.1) is 0 Å². The van der Waals surface area contributed by atoms with Crippen molar-refractivity contribution in [3.05, 3.63) is 45.5 Å². The minimum atomic E-state index is -0.764. The van der Waals surface area contributed by atoms with Gasteiger partial charge in [0, 0.05) is 5.56 Å². The highest BCUT2D eigenvalue weighted by Crippen LogP contribution is 2.34. The second-order valence-electron chi connectivity index (χ2n) is 3.16. The Morgan fingerprint density at radius 3 is 2.53 bits per heavy atom. The number of nitro groups is 1. The van der Waals surface area contributed by atoms with Crippen LogP contribution in [0.5, 0.6) is 0 Å². The number of carbonyl (C=O) groups is 1. The highest BCUT2D eigenvalue weighted by atomic mass is 32.1. The Hall–Kier alpha value is -2.28. The quantitative estimate of drug-likeness (QED) is 0.662. The molecule has 86 valence electrons. The highest BCUT2D eigenvalue weighted by Gasteiger charge is 2.24. The summed E-state index contributed by atoms with van der Waals surface area (Å²) in [5, 5.41) is 10.6. The fourth-order valence-electron chi connectivity index (χ4n) is 1.33. The van der Waals surface area contributed by atoms with Crippen molar-refractivity contribution in [3.8, 4) is 11.3 Å². The first-order valence-corrected chi connectivity index (χ1v) is 5.41. The lowest BCUT2D eigenvalue weighted by molar-refractivity contribution is -0.379. The number of primary amides is 1. The largest absolute Gasteiger partial charge is 0.364 e. The van der Waals surface area contributed by atoms with Gasteiger partial charge in [-0.3, -0.25) is 14.9 Å². The standard InChI is InChI=1S/C10H7N3O3S/c11-8(14)9-12-7(10(17-9)13(15)16)6-4-2-1-3-5-6/h1-5H,(H2,11,14). The predicted octanol–water partition coefficient (Wildman–Crippen LogP) is 1.82. The lowest BCUT2D eigenvalue weighted by atomic mass is 10.2. The van der Waals surface area contributed by atoms with Crippen LogP contribution in [0.3, 0.4) is 0 Å². The first-order chi connectivity index (χ1) is 8.09. The number of thiazole rings is 1. The molecule has 1 heterocycles. The lowest BCUT2D eigenvalue weighted by Crippen LogP contribution is -2.10. The van der Waals surface area contributed by atoms with Crippen LogP contribution >= 0.6 is 11.3 Å². The van der Waals surface area contributed by atoms with Crippen LogP contribution in [0, 0.1) is 10.1 Å². The average Bonchev–Trinajstić information content (AvgIpc) is 2.75. The number of amides is 1. The summed E-state index contributed by atoms with van der Waals surface area (Å²) >= 11 is 0.686. The zero-order valence-electron chi connectivity index (χ0n) is 8.49. The van der Waals surface area contributed by atoms with E-state index in [1.54, 1.807) is 30.3 Å². The number of carbonyl (C=O) groups excluding carboxylic acids is 1. The Balaban J connectivity index is 2.60. The Kier molecular flexibility index (Phi) is 2.84. The van der Waals surface area contributed by atoms with Crippen molar-refractivity contribution >= 4 is 22.2 Å². The maximum absolute atomic E-state index is 11.0. The van der Waals surface area contributed by atoms with Gasteiger partial charge in [-0.1, -0.05) is 30.3 Å². The third-order valence-corrected chi connectivity index (χ3v) is 3.05. The highest BCUT2D eigenvalue weighted by molar-refractivity contribution is 7.17. The molecule has 7 heteroatoms. The van der Waals surface area contributed by atoms with E-state index >= 15 is 0 Å². The minimum Gasteiger partial charge on any atom is -0.364 e. The molecule has 17 heavy (non-hydrogen) atoms. The third kappa shape index (κ3) is 2.13. The van der Waals surface area contributed by atoms with Crippen LogP contribution in [-0.4, -0.2) is 15.8 Å². The van der Waals surface area contributed by atoms with E-state index in [0.29, 0.717) is 16.9 Å². The number of benzene rings is 1. The number of aromatic nitrogens is 1. The minimum absolute atomic E-state index is 0.0597. The SMILES string of the molecule is NC(=O)c1nc(-c2ccccc2)c([N+](=O)[O-])s1. The fraction of sp³-hybridized carbons (Fsp3) is 0. The molecule has 0 saturated heterocycles. The van der Waals surface area contributed by atoms with Crippen molar-refractivity contribution in [2.75, 3.05) is 0 Å². The topological polar surface area (TPSA) is 99.1 Å². The van der Waals surface area contributed by atoms with Gasteiger partial charge in [-0.05, 0) is 11.3 Å². The van der Waals surface area contributed by atoms with Gasteiger partial charge in [-0.2, -0.15) is 0 Å². The molecule has 0 fully saturated rings. The van der Waals surface area contributed by atoms with Crippen LogP contribution in [0.4, 0.5) is 5.00 Å². The zero-order chi connectivity index (χ0) is 12.4. The van der Waals surface area contributed by atoms with E-state index in [-0.39, 0.29) is 15.7 Å². The molecule has 0 saturated carbocycles. The summed E-state index contributed by atoms with van der Waals surface area (Å²) in [7, 11) is 0. The van der Waals surface area contributed by atoms with Gasteiger partial charge in [0.05, 0.1) is 4.92 Å². The summed E-state index contributed by atoms with van der Waals surface area (Å²) in [6, 6.07) is 8.64. The van der Waals surface area contributed by atoms with Gasteiger partial charge < -0.3 is 5.73 Å². The van der Waals surface area contributed by atoms with E-state index in [1.807, 2.05) is 0 Å². The van der Waals surface area contributed by atoms with E-state index in [9.17, 15) is 14.9 Å². The summed E-state index contributed by atoms with van der Waals surface area (Å²) in [4.78, 5) is 25.2. The molecule has 0 aliphatic heterocycles. The molecule has 0 atom stereocenters. The molecule has 0 bridgehead atoms. The molecular formula is C10H7N3O3S. The first kappa shape index (κ1) is 11.2. The Bertz CT molecular complexity index is 580. The van der Waals surface area contributed by atoms with Crippen LogP contribution in [0.2, 0.25) is 0 Å². The van der Waals surface area contributed by atoms with E-state index in [2.05, 4.69) is 4.98 Å². The van der Waals surface area contributed by atoms with Crippen LogP contribution in [0.1, 0.15) is 9.80 Å². The molecule has 2 rings (SSSR count). The van der Waals surface area contributed by atoms with Crippen molar-refractivity contribution in [1.82, 2.24) is 4.98 Å². The smallest absolute Gasteiger partial charge is 0.352 e. The van der Waals surface area contributed by atoms with Crippen molar-refractivity contribution < 1.29 is 9.72 Å². The van der Waals surface area contributed by atoms with Crippen LogP contribution in [0.15, 0.2) is 30.3 Å². The second-order valence-corrected chi connectivity index (χ2v) is 4.14. The van der Waals surface area contributed by atoms with E-state index < -0.39 is 10.8 Å². The fourth-order valence-corrected chi connectivity index (χ4v) is 2.08. The molecule has 0 unspecified atom stereocenters. The molecule has 6 nitrogen and oxygen atoms in total. The first-order valence-electron chi connectivity index (χ1n) is 4.60. The summed E-state index contributed by atoms with van der Waals surface area (Å²) < 4.78 is 0. The molecule has 0 radical (unpaired) electrons. The van der Waals surface area contributed by atoms with Crippen molar-refractivity contribution in [2.45, 2.75) is 0 Å². The Morgan fingerprint density at radius 2 is 2.00 bits per heavy atom. The monoisotopic (exact) mass is 249 g/mol. The average molecular weight is 249 g/mol. The van der Waals surface area contributed by atoms with Crippen molar-refractivity contribution in [2.24, 2.45) is 5.73 Å². The number of nitrogens with two attached hydrogens (primary N) is 1. The molecule has 0 spiro atoms. The summed E-state index contributed by atoms with van der Waals surface area (Å²) in [5.41, 5.74) is 5.82. The Labute approximate surface area is 99.9 Å². The second kappa shape index (κ2) is 4.30. The third-order valence-electron chi connectivity index (χ3n) is 2.03. The molecule has 1 aromatic heterocycles. The maximum Gasteiger partial charge on any atom is 0.352 e. The molecule has 1 aromatic carbocycles. The predicted molar refractivity (Wildman–Crippen MR) is 62.7 cm³/mol. The van der Waals surface area contributed by atoms with Gasteiger partial charge >= 0.3 is 5.00 Å². The molecule has 1 amide bonds. The number of hydrogen-bond donors (Lipinski definition) is 1. The van der Waals surface area contributed by atoms with Crippen LogP contribution < -0.4 is 5.73 Å². The molecule has 0 aliphatic carbocycles. The maximum atomic E-state index is 11.0. The molecule has 2 N–H and O–H groups in total. The Morgan fingerprint density at radius 1 is 1.35 bits per heavy atom. The van der Waals surface area contributed by atoms with Crippen LogP contribution in [0.25, 0.3) is 11.3 Å². The molecular weight excluding hydrogens is 242 g/mol. The normalized spacial score (nSPS) is 10.1. The van der Waals surface area contributed by atoms with Gasteiger partial charge in [0.2, 0.25) is 0 Å². The summed E-state index contributed by atoms with van der Waals surface area (Å²) in [5.74, 6) is -0.764. The zero-order valence-corrected chi connectivity index (χ0v) is 9.31.